The highest BCUT2D eigenvalue weighted by molar-refractivity contribution is 8.13. The van der Waals surface area contributed by atoms with Gasteiger partial charge in [-0.25, -0.2) is 0 Å². The summed E-state index contributed by atoms with van der Waals surface area (Å²) >= 11 is 1.91. The number of hydrogen-bond donors (Lipinski definition) is 1. The highest BCUT2D eigenvalue weighted by Crippen LogP contribution is 2.36. The minimum Gasteiger partial charge on any atom is -0.359 e. The van der Waals surface area contributed by atoms with E-state index in [1.807, 2.05) is 11.8 Å². The summed E-state index contributed by atoms with van der Waals surface area (Å²) < 4.78 is 0. The number of hydrogen-bond acceptors (Lipinski definition) is 3. The molecule has 16 heavy (non-hydrogen) atoms. The fraction of sp³-hybridized carbons (Fsp3) is 0.923. The third-order valence-electron chi connectivity index (χ3n) is 4.06. The first-order valence-electron chi connectivity index (χ1n) is 6.64. The SMILES string of the molecule is CCC1(NC2=NC(C(C)C)CCS2)CCC1. The maximum Gasteiger partial charge on any atom is 0.157 e. The van der Waals surface area contributed by atoms with Gasteiger partial charge in [0, 0.05) is 11.3 Å². The second-order valence-electron chi connectivity index (χ2n) is 5.50. The molecule has 1 heterocycles. The van der Waals surface area contributed by atoms with Crippen LogP contribution in [0.4, 0.5) is 0 Å². The minimum atomic E-state index is 0.394. The van der Waals surface area contributed by atoms with Gasteiger partial charge in [0.05, 0.1) is 6.04 Å². The number of amidine groups is 1. The zero-order chi connectivity index (χ0) is 11.6. The van der Waals surface area contributed by atoms with Crippen LogP contribution in [0.3, 0.4) is 0 Å². The van der Waals surface area contributed by atoms with Crippen molar-refractivity contribution < 1.29 is 0 Å². The topological polar surface area (TPSA) is 24.4 Å². The maximum absolute atomic E-state index is 4.86. The zero-order valence-electron chi connectivity index (χ0n) is 10.8. The van der Waals surface area contributed by atoms with Gasteiger partial charge in [-0.2, -0.15) is 0 Å². The summed E-state index contributed by atoms with van der Waals surface area (Å²) in [5, 5.41) is 4.93. The van der Waals surface area contributed by atoms with E-state index in [1.165, 1.54) is 43.0 Å². The van der Waals surface area contributed by atoms with Crippen molar-refractivity contribution in [1.29, 1.82) is 0 Å². The Morgan fingerprint density at radius 3 is 2.75 bits per heavy atom. The molecule has 1 atom stereocenters. The van der Waals surface area contributed by atoms with Crippen LogP contribution in [0.1, 0.15) is 52.9 Å². The van der Waals surface area contributed by atoms with Crippen molar-refractivity contribution in [1.82, 2.24) is 5.32 Å². The average molecular weight is 240 g/mol. The fourth-order valence-electron chi connectivity index (χ4n) is 2.48. The molecule has 1 aliphatic heterocycles. The van der Waals surface area contributed by atoms with E-state index in [9.17, 15) is 0 Å². The molecule has 0 spiro atoms. The van der Waals surface area contributed by atoms with Crippen molar-refractivity contribution >= 4 is 16.9 Å². The van der Waals surface area contributed by atoms with E-state index in [1.54, 1.807) is 0 Å². The average Bonchev–Trinajstić information content (AvgIpc) is 2.24. The summed E-state index contributed by atoms with van der Waals surface area (Å²) in [7, 11) is 0. The predicted octanol–water partition coefficient (Wildman–Crippen LogP) is 3.43. The summed E-state index contributed by atoms with van der Waals surface area (Å²) in [6.07, 6.45) is 6.52. The molecule has 0 saturated heterocycles. The van der Waals surface area contributed by atoms with Crippen LogP contribution >= 0.6 is 11.8 Å². The third kappa shape index (κ3) is 2.55. The van der Waals surface area contributed by atoms with Gasteiger partial charge >= 0.3 is 0 Å². The molecule has 0 radical (unpaired) electrons. The van der Waals surface area contributed by atoms with E-state index in [0.717, 1.165) is 0 Å². The van der Waals surface area contributed by atoms with E-state index in [2.05, 4.69) is 26.1 Å². The summed E-state index contributed by atoms with van der Waals surface area (Å²) in [5.41, 5.74) is 0.394. The van der Waals surface area contributed by atoms with Gasteiger partial charge in [0.25, 0.3) is 0 Å². The Labute approximate surface area is 104 Å². The first-order valence-corrected chi connectivity index (χ1v) is 7.62. The molecule has 0 aromatic carbocycles. The number of rotatable bonds is 3. The summed E-state index contributed by atoms with van der Waals surface area (Å²) in [4.78, 5) is 4.86. The molecular formula is C13H24N2S. The van der Waals surface area contributed by atoms with Gasteiger partial charge in [0.15, 0.2) is 5.17 Å². The van der Waals surface area contributed by atoms with Gasteiger partial charge < -0.3 is 5.32 Å². The van der Waals surface area contributed by atoms with Crippen LogP contribution in [0.2, 0.25) is 0 Å². The number of aliphatic imine (C=N–C) groups is 1. The molecule has 1 fully saturated rings. The van der Waals surface area contributed by atoms with E-state index < -0.39 is 0 Å². The summed E-state index contributed by atoms with van der Waals surface area (Å²) in [6.45, 7) is 6.85. The molecule has 1 aliphatic carbocycles. The molecule has 0 bridgehead atoms. The standard InChI is InChI=1S/C13H24N2S/c1-4-13(7-5-8-13)15-12-14-11(10(2)3)6-9-16-12/h10-11H,4-9H2,1-3H3,(H,14,15). The molecule has 92 valence electrons. The van der Waals surface area contributed by atoms with Gasteiger partial charge in [-0.1, -0.05) is 32.5 Å². The second-order valence-corrected chi connectivity index (χ2v) is 6.58. The Hall–Kier alpha value is -0.180. The van der Waals surface area contributed by atoms with Gasteiger partial charge in [-0.3, -0.25) is 4.99 Å². The molecule has 0 aromatic rings. The lowest BCUT2D eigenvalue weighted by Crippen LogP contribution is -2.53. The number of nitrogens with zero attached hydrogens (tertiary/aromatic N) is 1. The normalized spacial score (nSPS) is 28.5. The molecule has 1 N–H and O–H groups in total. The second kappa shape index (κ2) is 4.99. The molecule has 3 heteroatoms. The Kier molecular flexibility index (Phi) is 3.83. The summed E-state index contributed by atoms with van der Waals surface area (Å²) in [6, 6.07) is 0.540. The molecule has 2 rings (SSSR count). The predicted molar refractivity (Wildman–Crippen MR) is 73.1 cm³/mol. The monoisotopic (exact) mass is 240 g/mol. The van der Waals surface area contributed by atoms with Crippen LogP contribution in [0.15, 0.2) is 4.99 Å². The fourth-order valence-corrected chi connectivity index (χ4v) is 3.53. The highest BCUT2D eigenvalue weighted by Gasteiger charge is 2.36. The van der Waals surface area contributed by atoms with Crippen LogP contribution < -0.4 is 5.32 Å². The van der Waals surface area contributed by atoms with Crippen molar-refractivity contribution in [3.63, 3.8) is 0 Å². The lowest BCUT2D eigenvalue weighted by Gasteiger charge is -2.43. The molecule has 1 saturated carbocycles. The molecule has 1 unspecified atom stereocenters. The Balaban J connectivity index is 1.98. The van der Waals surface area contributed by atoms with E-state index >= 15 is 0 Å². The number of thioether (sulfide) groups is 1. The van der Waals surface area contributed by atoms with Gasteiger partial charge in [0.1, 0.15) is 0 Å². The van der Waals surface area contributed by atoms with E-state index in [0.29, 0.717) is 17.5 Å². The lowest BCUT2D eigenvalue weighted by molar-refractivity contribution is 0.210. The Morgan fingerprint density at radius 2 is 2.25 bits per heavy atom. The van der Waals surface area contributed by atoms with Crippen LogP contribution in [0, 0.1) is 5.92 Å². The maximum atomic E-state index is 4.86. The molecular weight excluding hydrogens is 216 g/mol. The van der Waals surface area contributed by atoms with Gasteiger partial charge in [-0.15, -0.1) is 0 Å². The number of nitrogens with one attached hydrogen (secondary N) is 1. The van der Waals surface area contributed by atoms with Crippen molar-refractivity contribution in [2.24, 2.45) is 10.9 Å². The van der Waals surface area contributed by atoms with Gasteiger partial charge in [0.2, 0.25) is 0 Å². The molecule has 2 nitrogen and oxygen atoms in total. The first kappa shape index (κ1) is 12.3. The van der Waals surface area contributed by atoms with Crippen LogP contribution in [-0.2, 0) is 0 Å². The molecule has 2 aliphatic rings. The highest BCUT2D eigenvalue weighted by atomic mass is 32.2. The van der Waals surface area contributed by atoms with Crippen LogP contribution in [-0.4, -0.2) is 22.5 Å². The van der Waals surface area contributed by atoms with Crippen molar-refractivity contribution in [3.05, 3.63) is 0 Å². The third-order valence-corrected chi connectivity index (χ3v) is 4.99. The van der Waals surface area contributed by atoms with Crippen LogP contribution in [0.5, 0.6) is 0 Å². The van der Waals surface area contributed by atoms with Crippen LogP contribution in [0.25, 0.3) is 0 Å². The quantitative estimate of drug-likeness (QED) is 0.817. The lowest BCUT2D eigenvalue weighted by atomic mass is 9.75. The zero-order valence-corrected chi connectivity index (χ0v) is 11.6. The minimum absolute atomic E-state index is 0.394. The van der Waals surface area contributed by atoms with E-state index in [-0.39, 0.29) is 0 Å². The Bertz CT molecular complexity index is 264. The molecule has 0 aromatic heterocycles. The van der Waals surface area contributed by atoms with E-state index in [4.69, 9.17) is 4.99 Å². The summed E-state index contributed by atoms with van der Waals surface area (Å²) in [5.74, 6) is 1.91. The van der Waals surface area contributed by atoms with Crippen molar-refractivity contribution in [2.75, 3.05) is 5.75 Å². The first-order chi connectivity index (χ1) is 7.65. The largest absolute Gasteiger partial charge is 0.359 e. The molecule has 0 amide bonds. The van der Waals surface area contributed by atoms with Crippen molar-refractivity contribution in [2.45, 2.75) is 64.5 Å². The van der Waals surface area contributed by atoms with Gasteiger partial charge in [-0.05, 0) is 38.0 Å². The smallest absolute Gasteiger partial charge is 0.157 e. The Morgan fingerprint density at radius 1 is 1.50 bits per heavy atom. The van der Waals surface area contributed by atoms with Crippen molar-refractivity contribution in [3.8, 4) is 0 Å².